The van der Waals surface area contributed by atoms with E-state index in [4.69, 9.17) is 0 Å². The molecule has 1 heterocycles. The highest BCUT2D eigenvalue weighted by Crippen LogP contribution is 2.32. The van der Waals surface area contributed by atoms with Gasteiger partial charge in [-0.2, -0.15) is 0 Å². The van der Waals surface area contributed by atoms with Gasteiger partial charge in [0.25, 0.3) is 0 Å². The summed E-state index contributed by atoms with van der Waals surface area (Å²) in [6.07, 6.45) is 38.4. The first-order valence-electron chi connectivity index (χ1n) is 16.9. The third-order valence-corrected chi connectivity index (χ3v) is 8.57. The normalized spacial score (nSPS) is 13.1. The molecule has 0 aliphatic carbocycles. The van der Waals surface area contributed by atoms with E-state index >= 15 is 0 Å². The van der Waals surface area contributed by atoms with E-state index in [0.29, 0.717) is 12.0 Å². The van der Waals surface area contributed by atoms with Crippen LogP contribution in [0.4, 0.5) is 0 Å². The molecule has 0 fully saturated rings. The number of imidazole rings is 1. The number of hydrogen-bond acceptors (Lipinski definition) is 1. The van der Waals surface area contributed by atoms with Crippen LogP contribution in [0.1, 0.15) is 167 Å². The lowest BCUT2D eigenvalue weighted by molar-refractivity contribution is 0.275. The minimum atomic E-state index is 0.575. The molecule has 0 N–H and O–H groups in total. The quantitative estimate of drug-likeness (QED) is 0.112. The van der Waals surface area contributed by atoms with Crippen molar-refractivity contribution in [2.24, 2.45) is 5.92 Å². The van der Waals surface area contributed by atoms with Crippen LogP contribution in [-0.2, 0) is 6.42 Å². The molecule has 2 unspecified atom stereocenters. The van der Waals surface area contributed by atoms with E-state index in [1.54, 1.807) is 0 Å². The van der Waals surface area contributed by atoms with Crippen molar-refractivity contribution in [3.8, 4) is 0 Å². The summed E-state index contributed by atoms with van der Waals surface area (Å²) < 4.78 is 2.43. The molecule has 0 saturated heterocycles. The molecule has 38 heavy (non-hydrogen) atoms. The van der Waals surface area contributed by atoms with Gasteiger partial charge >= 0.3 is 0 Å². The number of aromatic nitrogens is 2. The van der Waals surface area contributed by atoms with Crippen molar-refractivity contribution in [1.29, 1.82) is 0 Å². The molecule has 0 amide bonds. The molecule has 216 valence electrons. The zero-order chi connectivity index (χ0) is 26.9. The van der Waals surface area contributed by atoms with Crippen molar-refractivity contribution in [3.63, 3.8) is 0 Å². The van der Waals surface area contributed by atoms with E-state index in [1.807, 2.05) is 6.20 Å². The summed E-state index contributed by atoms with van der Waals surface area (Å²) in [6.45, 7) is 4.61. The Morgan fingerprint density at radius 1 is 0.579 bits per heavy atom. The van der Waals surface area contributed by atoms with Gasteiger partial charge in [-0.15, -0.1) is 0 Å². The van der Waals surface area contributed by atoms with E-state index in [0.717, 1.165) is 0 Å². The minimum Gasteiger partial charge on any atom is -0.334 e. The van der Waals surface area contributed by atoms with Gasteiger partial charge in [0.15, 0.2) is 0 Å². The van der Waals surface area contributed by atoms with E-state index in [1.165, 1.54) is 153 Å². The lowest BCUT2D eigenvalue weighted by Crippen LogP contribution is -2.21. The standard InChI is InChI=1S/C36H62N2/c1-3-5-7-9-10-11-12-13-14-15-16-17-18-20-24-28-35(32-34-26-22-21-23-27-34)36(38-31-30-37-33-38)29-25-19-8-6-4-2/h21-23,26-27,30-31,33,35-36H,3-20,24-25,28-29,32H2,1-2H3. The largest absolute Gasteiger partial charge is 0.334 e. The van der Waals surface area contributed by atoms with E-state index in [-0.39, 0.29) is 0 Å². The molecule has 2 nitrogen and oxygen atoms in total. The van der Waals surface area contributed by atoms with Crippen molar-refractivity contribution < 1.29 is 0 Å². The summed E-state index contributed by atoms with van der Waals surface area (Å²) in [4.78, 5) is 4.43. The van der Waals surface area contributed by atoms with Gasteiger partial charge in [-0.3, -0.25) is 0 Å². The lowest BCUT2D eigenvalue weighted by Gasteiger charge is -2.29. The first kappa shape index (κ1) is 32.6. The lowest BCUT2D eigenvalue weighted by atomic mass is 9.84. The third-order valence-electron chi connectivity index (χ3n) is 8.57. The number of nitrogens with zero attached hydrogens (tertiary/aromatic N) is 2. The second kappa shape index (κ2) is 23.3. The number of hydrogen-bond donors (Lipinski definition) is 0. The molecule has 2 heteroatoms. The molecule has 0 aliphatic rings. The number of benzene rings is 1. The number of unbranched alkanes of at least 4 members (excludes halogenated alkanes) is 18. The van der Waals surface area contributed by atoms with Crippen molar-refractivity contribution >= 4 is 0 Å². The third kappa shape index (κ3) is 15.7. The Kier molecular flexibility index (Phi) is 20.0. The van der Waals surface area contributed by atoms with Crippen LogP contribution in [0, 0.1) is 5.92 Å². The van der Waals surface area contributed by atoms with Crippen LogP contribution >= 0.6 is 0 Å². The van der Waals surface area contributed by atoms with E-state index in [9.17, 15) is 0 Å². The average molecular weight is 523 g/mol. The van der Waals surface area contributed by atoms with Gasteiger partial charge in [0, 0.05) is 18.4 Å². The second-order valence-electron chi connectivity index (χ2n) is 12.0. The molecule has 2 rings (SSSR count). The van der Waals surface area contributed by atoms with Crippen molar-refractivity contribution in [2.75, 3.05) is 0 Å². The minimum absolute atomic E-state index is 0.575. The monoisotopic (exact) mass is 522 g/mol. The molecular weight excluding hydrogens is 460 g/mol. The molecule has 0 saturated carbocycles. The molecular formula is C36H62N2. The summed E-state index contributed by atoms with van der Waals surface area (Å²) in [5.74, 6) is 0.694. The Morgan fingerprint density at radius 3 is 1.53 bits per heavy atom. The molecule has 0 bridgehead atoms. The first-order valence-corrected chi connectivity index (χ1v) is 16.9. The maximum absolute atomic E-state index is 4.43. The van der Waals surface area contributed by atoms with Crippen LogP contribution in [-0.4, -0.2) is 9.55 Å². The summed E-state index contributed by atoms with van der Waals surface area (Å²) >= 11 is 0. The maximum Gasteiger partial charge on any atom is 0.0948 e. The Hall–Kier alpha value is -1.57. The van der Waals surface area contributed by atoms with E-state index < -0.39 is 0 Å². The van der Waals surface area contributed by atoms with Crippen molar-refractivity contribution in [3.05, 3.63) is 54.6 Å². The molecule has 0 aliphatic heterocycles. The highest BCUT2D eigenvalue weighted by molar-refractivity contribution is 5.15. The van der Waals surface area contributed by atoms with Gasteiger partial charge < -0.3 is 4.57 Å². The fraction of sp³-hybridized carbons (Fsp3) is 0.750. The SMILES string of the molecule is CCCCCCCCCCCCCCCCCC(Cc1ccccc1)C(CCCCCCC)n1ccnc1. The predicted molar refractivity (Wildman–Crippen MR) is 168 cm³/mol. The molecule has 1 aromatic heterocycles. The van der Waals surface area contributed by atoms with Gasteiger partial charge in [0.2, 0.25) is 0 Å². The van der Waals surface area contributed by atoms with Crippen molar-refractivity contribution in [1.82, 2.24) is 9.55 Å². The van der Waals surface area contributed by atoms with Gasteiger partial charge in [0.1, 0.15) is 0 Å². The van der Waals surface area contributed by atoms with Gasteiger partial charge in [-0.25, -0.2) is 4.98 Å². The predicted octanol–water partition coefficient (Wildman–Crippen LogP) is 11.9. The zero-order valence-electron chi connectivity index (χ0n) is 25.4. The summed E-state index contributed by atoms with van der Waals surface area (Å²) in [7, 11) is 0. The van der Waals surface area contributed by atoms with Gasteiger partial charge in [-0.05, 0) is 30.7 Å². The highest BCUT2D eigenvalue weighted by atomic mass is 15.1. The summed E-state index contributed by atoms with van der Waals surface area (Å²) in [5.41, 5.74) is 1.49. The van der Waals surface area contributed by atoms with Crippen LogP contribution in [0.15, 0.2) is 49.1 Å². The topological polar surface area (TPSA) is 17.8 Å². The van der Waals surface area contributed by atoms with Crippen LogP contribution in [0.2, 0.25) is 0 Å². The van der Waals surface area contributed by atoms with E-state index in [2.05, 4.69) is 66.3 Å². The molecule has 2 aromatic rings. The second-order valence-corrected chi connectivity index (χ2v) is 12.0. The highest BCUT2D eigenvalue weighted by Gasteiger charge is 2.23. The number of rotatable bonds is 26. The summed E-state index contributed by atoms with van der Waals surface area (Å²) in [6, 6.07) is 11.8. The van der Waals surface area contributed by atoms with Crippen LogP contribution < -0.4 is 0 Å². The van der Waals surface area contributed by atoms with Gasteiger partial charge in [0.05, 0.1) is 6.33 Å². The molecule has 0 spiro atoms. The maximum atomic E-state index is 4.43. The first-order chi connectivity index (χ1) is 18.8. The Bertz CT molecular complexity index is 723. The molecule has 2 atom stereocenters. The van der Waals surface area contributed by atoms with Crippen LogP contribution in [0.5, 0.6) is 0 Å². The Balaban J connectivity index is 1.68. The van der Waals surface area contributed by atoms with Crippen molar-refractivity contribution in [2.45, 2.75) is 168 Å². The Morgan fingerprint density at radius 2 is 1.05 bits per heavy atom. The molecule has 0 radical (unpaired) electrons. The molecule has 1 aromatic carbocycles. The fourth-order valence-electron chi connectivity index (χ4n) is 6.18. The van der Waals surface area contributed by atoms with Crippen LogP contribution in [0.25, 0.3) is 0 Å². The average Bonchev–Trinajstić information content (AvgIpc) is 3.48. The smallest absolute Gasteiger partial charge is 0.0948 e. The van der Waals surface area contributed by atoms with Crippen LogP contribution in [0.3, 0.4) is 0 Å². The Labute approximate surface area is 237 Å². The summed E-state index contributed by atoms with van der Waals surface area (Å²) in [5, 5.41) is 0. The fourth-order valence-corrected chi connectivity index (χ4v) is 6.18. The van der Waals surface area contributed by atoms with Gasteiger partial charge in [-0.1, -0.05) is 173 Å². The zero-order valence-corrected chi connectivity index (χ0v) is 25.4.